The Bertz CT molecular complexity index is 2110. The molecule has 0 spiro atoms. The van der Waals surface area contributed by atoms with Crippen LogP contribution >= 0.6 is 34.7 Å². The van der Waals surface area contributed by atoms with Crippen molar-refractivity contribution >= 4 is 74.6 Å². The van der Waals surface area contributed by atoms with Gasteiger partial charge in [0.05, 0.1) is 22.2 Å². The van der Waals surface area contributed by atoms with Crippen LogP contribution in [-0.4, -0.2) is 27.5 Å². The number of benzene rings is 4. The van der Waals surface area contributed by atoms with E-state index in [2.05, 4.69) is 5.32 Å². The Morgan fingerprint density at radius 2 is 1.57 bits per heavy atom. The van der Waals surface area contributed by atoms with Crippen molar-refractivity contribution in [3.05, 3.63) is 122 Å². The van der Waals surface area contributed by atoms with Gasteiger partial charge in [0, 0.05) is 26.9 Å². The van der Waals surface area contributed by atoms with E-state index in [9.17, 15) is 32.3 Å². The number of alkyl halides is 3. The fourth-order valence-corrected chi connectivity index (χ4v) is 9.00. The molecule has 0 radical (unpaired) electrons. The third-order valence-corrected chi connectivity index (χ3v) is 10.9. The highest BCUT2D eigenvalue weighted by Gasteiger charge is 2.57. The fraction of sp³-hybridized carbons (Fsp3) is 0.152. The highest BCUT2D eigenvalue weighted by molar-refractivity contribution is 8.00. The number of nitrogens with one attached hydrogen (secondary N) is 1. The van der Waals surface area contributed by atoms with E-state index in [0.29, 0.717) is 31.1 Å². The van der Waals surface area contributed by atoms with Crippen LogP contribution in [0, 0.1) is 5.92 Å². The van der Waals surface area contributed by atoms with Gasteiger partial charge in [-0.05, 0) is 41.3 Å². The van der Waals surface area contributed by atoms with E-state index in [1.54, 1.807) is 36.4 Å². The van der Waals surface area contributed by atoms with E-state index < -0.39 is 57.1 Å². The molecule has 0 bridgehead atoms. The van der Waals surface area contributed by atoms with Gasteiger partial charge >= 0.3 is 11.0 Å². The molecular weight excluding hydrogens is 659 g/mol. The van der Waals surface area contributed by atoms with Crippen LogP contribution < -0.4 is 15.1 Å². The molecule has 46 heavy (non-hydrogen) atoms. The molecule has 5 aromatic rings. The van der Waals surface area contributed by atoms with Gasteiger partial charge in [-0.1, -0.05) is 95.4 Å². The SMILES string of the molecule is O=C(Cn1c2c(sc1=O)[C@H](c1ccc(Cl)cc1)C1C(=O)N(c3ccccc3C(F)(F)F)C(=O)C1S2)Nc1cccc2ccccc12. The maximum absolute atomic E-state index is 14.0. The van der Waals surface area contributed by atoms with Crippen molar-refractivity contribution < 1.29 is 27.6 Å². The first-order valence-corrected chi connectivity index (χ1v) is 16.1. The minimum Gasteiger partial charge on any atom is -0.324 e. The lowest BCUT2D eigenvalue weighted by atomic mass is 9.83. The molecule has 1 aromatic heterocycles. The minimum absolute atomic E-state index is 0.316. The lowest BCUT2D eigenvalue weighted by Gasteiger charge is -2.30. The quantitative estimate of drug-likeness (QED) is 0.199. The average Bonchev–Trinajstić information content (AvgIpc) is 3.47. The maximum atomic E-state index is 14.0. The largest absolute Gasteiger partial charge is 0.418 e. The first-order valence-electron chi connectivity index (χ1n) is 14.0. The average molecular weight is 680 g/mol. The monoisotopic (exact) mass is 679 g/mol. The van der Waals surface area contributed by atoms with Crippen molar-refractivity contribution in [1.82, 2.24) is 4.57 Å². The molecule has 232 valence electrons. The number of halogens is 4. The molecule has 1 saturated heterocycles. The summed E-state index contributed by atoms with van der Waals surface area (Å²) in [5.74, 6) is -4.07. The van der Waals surface area contributed by atoms with E-state index in [1.165, 1.54) is 16.7 Å². The number of amides is 3. The number of imide groups is 1. The Labute approximate surface area is 272 Å². The maximum Gasteiger partial charge on any atom is 0.418 e. The lowest BCUT2D eigenvalue weighted by Crippen LogP contribution is -2.33. The van der Waals surface area contributed by atoms with Gasteiger partial charge in [0.1, 0.15) is 11.8 Å². The number of hydrogen-bond acceptors (Lipinski definition) is 6. The van der Waals surface area contributed by atoms with Crippen LogP contribution in [0.25, 0.3) is 10.8 Å². The molecule has 13 heteroatoms. The van der Waals surface area contributed by atoms with Gasteiger partial charge in [-0.25, -0.2) is 4.90 Å². The molecular formula is C33H21ClF3N3O4S2. The first-order chi connectivity index (χ1) is 22.0. The molecule has 4 aromatic carbocycles. The molecule has 0 aliphatic carbocycles. The zero-order valence-corrected chi connectivity index (χ0v) is 25.8. The molecule has 3 atom stereocenters. The summed E-state index contributed by atoms with van der Waals surface area (Å²) in [6.07, 6.45) is -4.82. The molecule has 7 rings (SSSR count). The Hall–Kier alpha value is -4.39. The predicted octanol–water partition coefficient (Wildman–Crippen LogP) is 7.17. The number of hydrogen-bond donors (Lipinski definition) is 1. The molecule has 7 nitrogen and oxygen atoms in total. The number of para-hydroxylation sites is 1. The van der Waals surface area contributed by atoms with Crippen molar-refractivity contribution in [2.24, 2.45) is 5.92 Å². The van der Waals surface area contributed by atoms with E-state index in [0.717, 1.165) is 46.0 Å². The van der Waals surface area contributed by atoms with E-state index >= 15 is 0 Å². The summed E-state index contributed by atoms with van der Waals surface area (Å²) in [4.78, 5) is 55.3. The topological polar surface area (TPSA) is 88.5 Å². The third kappa shape index (κ3) is 5.10. The van der Waals surface area contributed by atoms with Crippen LogP contribution in [0.1, 0.15) is 21.9 Å². The predicted molar refractivity (Wildman–Crippen MR) is 172 cm³/mol. The Balaban J connectivity index is 1.29. The fourth-order valence-electron chi connectivity index (χ4n) is 6.10. The van der Waals surface area contributed by atoms with Crippen molar-refractivity contribution in [2.75, 3.05) is 10.2 Å². The number of carbonyl (C=O) groups excluding carboxylic acids is 3. The third-order valence-electron chi connectivity index (χ3n) is 8.09. The number of rotatable bonds is 5. The number of fused-ring (bicyclic) bond motifs is 3. The Kier molecular flexibility index (Phi) is 7.53. The van der Waals surface area contributed by atoms with Gasteiger partial charge in [0.15, 0.2) is 0 Å². The van der Waals surface area contributed by atoms with E-state index in [4.69, 9.17) is 11.6 Å². The summed E-state index contributed by atoms with van der Waals surface area (Å²) in [6, 6.07) is 23.9. The van der Waals surface area contributed by atoms with Crippen LogP contribution in [0.5, 0.6) is 0 Å². The van der Waals surface area contributed by atoms with Crippen LogP contribution in [0.15, 0.2) is 101 Å². The molecule has 2 aliphatic rings. The van der Waals surface area contributed by atoms with Gasteiger partial charge < -0.3 is 5.32 Å². The summed E-state index contributed by atoms with van der Waals surface area (Å²) >= 11 is 7.90. The van der Waals surface area contributed by atoms with Crippen LogP contribution in [0.2, 0.25) is 5.02 Å². The number of anilines is 2. The Morgan fingerprint density at radius 3 is 2.33 bits per heavy atom. The second-order valence-electron chi connectivity index (χ2n) is 10.8. The Morgan fingerprint density at radius 1 is 0.870 bits per heavy atom. The van der Waals surface area contributed by atoms with E-state index in [1.807, 2.05) is 30.3 Å². The second-order valence-corrected chi connectivity index (χ2v) is 13.4. The lowest BCUT2D eigenvalue weighted by molar-refractivity contribution is -0.137. The molecule has 0 saturated carbocycles. The van der Waals surface area contributed by atoms with Gasteiger partial charge in [0.2, 0.25) is 17.7 Å². The zero-order valence-electron chi connectivity index (χ0n) is 23.5. The van der Waals surface area contributed by atoms with Gasteiger partial charge in [-0.3, -0.25) is 23.7 Å². The number of thiazole rings is 1. The van der Waals surface area contributed by atoms with Crippen LogP contribution in [0.3, 0.4) is 0 Å². The minimum atomic E-state index is -4.82. The van der Waals surface area contributed by atoms with E-state index in [-0.39, 0.29) is 6.54 Å². The molecule has 1 fully saturated rings. The highest BCUT2D eigenvalue weighted by Crippen LogP contribution is 2.54. The first kappa shape index (κ1) is 30.3. The highest BCUT2D eigenvalue weighted by atomic mass is 35.5. The smallest absolute Gasteiger partial charge is 0.324 e. The van der Waals surface area contributed by atoms with Crippen LogP contribution in [0.4, 0.5) is 24.5 Å². The van der Waals surface area contributed by atoms with Crippen molar-refractivity contribution in [1.29, 1.82) is 0 Å². The number of nitrogens with zero attached hydrogens (tertiary/aromatic N) is 2. The van der Waals surface area contributed by atoms with Gasteiger partial charge in [0.25, 0.3) is 0 Å². The summed E-state index contributed by atoms with van der Waals surface area (Å²) < 4.78 is 43.2. The molecule has 1 N–H and O–H groups in total. The molecule has 2 aliphatic heterocycles. The zero-order chi connectivity index (χ0) is 32.3. The van der Waals surface area contributed by atoms with Crippen LogP contribution in [-0.2, 0) is 27.1 Å². The van der Waals surface area contributed by atoms with Crippen molar-refractivity contribution in [3.63, 3.8) is 0 Å². The standard InChI is InChI=1S/C33H21ClF3N3O4S2/c34-19-14-12-18(13-15-19)25-26-27(30(43)40(29(26)42)23-11-4-3-9-21(23)33(35,36)37)45-31-28(25)46-32(44)39(31)16-24(41)38-22-10-5-7-17-6-1-2-8-20(17)22/h1-15,25-27H,16H2,(H,38,41)/t25-,26?,27?/m1/s1. The van der Waals surface area contributed by atoms with Gasteiger partial charge in [-0.2, -0.15) is 13.2 Å². The summed E-state index contributed by atoms with van der Waals surface area (Å²) in [7, 11) is 0. The van der Waals surface area contributed by atoms with Crippen molar-refractivity contribution in [2.45, 2.75) is 28.9 Å². The van der Waals surface area contributed by atoms with Gasteiger partial charge in [-0.15, -0.1) is 0 Å². The summed E-state index contributed by atoms with van der Waals surface area (Å²) in [5.41, 5.74) is -0.547. The summed E-state index contributed by atoms with van der Waals surface area (Å²) in [6.45, 7) is -0.381. The number of aromatic nitrogens is 1. The molecule has 3 amide bonds. The summed E-state index contributed by atoms with van der Waals surface area (Å²) in [5, 5.41) is 4.17. The molecule has 3 heterocycles. The normalized spacial score (nSPS) is 19.3. The molecule has 2 unspecified atom stereocenters. The van der Waals surface area contributed by atoms with Crippen molar-refractivity contribution in [3.8, 4) is 0 Å². The second kappa shape index (κ2) is 11.4. The number of carbonyl (C=O) groups is 3. The number of thioether (sulfide) groups is 1.